The minimum Gasteiger partial charge on any atom is -0.312 e. The van der Waals surface area contributed by atoms with Crippen LogP contribution in [-0.2, 0) is 20.0 Å². The fourth-order valence-electron chi connectivity index (χ4n) is 2.93. The number of hydrogen-bond donors (Lipinski definition) is 1. The molecule has 4 nitrogen and oxygen atoms in total. The molecular formula is C16H22N4. The predicted molar refractivity (Wildman–Crippen MR) is 79.5 cm³/mol. The Morgan fingerprint density at radius 2 is 2.15 bits per heavy atom. The van der Waals surface area contributed by atoms with E-state index in [9.17, 15) is 0 Å². The van der Waals surface area contributed by atoms with E-state index < -0.39 is 0 Å². The van der Waals surface area contributed by atoms with Crippen molar-refractivity contribution in [2.24, 2.45) is 13.0 Å². The zero-order valence-corrected chi connectivity index (χ0v) is 12.4. The third-order valence-electron chi connectivity index (χ3n) is 3.84. The third-order valence-corrected chi connectivity index (χ3v) is 3.84. The van der Waals surface area contributed by atoms with Crippen LogP contribution in [0.5, 0.6) is 0 Å². The van der Waals surface area contributed by atoms with Crippen LogP contribution in [-0.4, -0.2) is 21.3 Å². The second kappa shape index (κ2) is 5.37. The molecule has 0 saturated carbocycles. The van der Waals surface area contributed by atoms with Crippen LogP contribution in [0, 0.1) is 5.92 Å². The smallest absolute Gasteiger partial charge is 0.151 e. The lowest BCUT2D eigenvalue weighted by Gasteiger charge is -2.25. The lowest BCUT2D eigenvalue weighted by Crippen LogP contribution is -2.30. The summed E-state index contributed by atoms with van der Waals surface area (Å²) in [6, 6.07) is 8.63. The van der Waals surface area contributed by atoms with Gasteiger partial charge in [-0.1, -0.05) is 38.1 Å². The Hall–Kier alpha value is -1.68. The minimum atomic E-state index is 0.304. The molecule has 1 unspecified atom stereocenters. The normalized spacial score (nSPS) is 18.3. The van der Waals surface area contributed by atoms with Crippen molar-refractivity contribution >= 4 is 0 Å². The molecule has 1 atom stereocenters. The zero-order valence-electron chi connectivity index (χ0n) is 12.4. The molecule has 0 spiro atoms. The lowest BCUT2D eigenvalue weighted by atomic mass is 9.90. The van der Waals surface area contributed by atoms with Crippen LogP contribution in [0.3, 0.4) is 0 Å². The Balaban J connectivity index is 1.96. The summed E-state index contributed by atoms with van der Waals surface area (Å²) < 4.78 is 1.95. The van der Waals surface area contributed by atoms with Gasteiger partial charge in [0.15, 0.2) is 5.82 Å². The van der Waals surface area contributed by atoms with Crippen molar-refractivity contribution < 1.29 is 0 Å². The van der Waals surface area contributed by atoms with E-state index in [1.54, 1.807) is 0 Å². The van der Waals surface area contributed by atoms with E-state index in [1.165, 1.54) is 11.1 Å². The molecular weight excluding hydrogens is 248 g/mol. The Labute approximate surface area is 120 Å². The van der Waals surface area contributed by atoms with Crippen molar-refractivity contribution in [2.45, 2.75) is 32.7 Å². The summed E-state index contributed by atoms with van der Waals surface area (Å²) >= 11 is 0. The van der Waals surface area contributed by atoms with E-state index in [1.807, 2.05) is 11.7 Å². The van der Waals surface area contributed by atoms with Crippen molar-refractivity contribution in [3.05, 3.63) is 47.0 Å². The van der Waals surface area contributed by atoms with E-state index in [0.717, 1.165) is 31.2 Å². The summed E-state index contributed by atoms with van der Waals surface area (Å²) in [5.41, 5.74) is 2.76. The topological polar surface area (TPSA) is 42.7 Å². The summed E-state index contributed by atoms with van der Waals surface area (Å²) in [6.45, 7) is 6.29. The second-order valence-corrected chi connectivity index (χ2v) is 5.99. The molecule has 0 aliphatic carbocycles. The highest BCUT2D eigenvalue weighted by Crippen LogP contribution is 2.28. The van der Waals surface area contributed by atoms with Gasteiger partial charge in [0.1, 0.15) is 5.82 Å². The highest BCUT2D eigenvalue weighted by Gasteiger charge is 2.25. The minimum absolute atomic E-state index is 0.304. The number of aromatic nitrogens is 3. The molecule has 0 radical (unpaired) electrons. The van der Waals surface area contributed by atoms with Crippen LogP contribution in [0.25, 0.3) is 0 Å². The van der Waals surface area contributed by atoms with Crippen LogP contribution in [0.15, 0.2) is 24.3 Å². The number of nitrogens with one attached hydrogen (secondary N) is 1. The molecule has 0 saturated heterocycles. The first kappa shape index (κ1) is 13.3. The molecule has 1 N–H and O–H groups in total. The summed E-state index contributed by atoms with van der Waals surface area (Å²) in [6.07, 6.45) is 0.940. The molecule has 0 bridgehead atoms. The maximum atomic E-state index is 4.78. The Morgan fingerprint density at radius 1 is 1.35 bits per heavy atom. The van der Waals surface area contributed by atoms with Gasteiger partial charge in [-0.25, -0.2) is 4.98 Å². The molecule has 2 heterocycles. The van der Waals surface area contributed by atoms with E-state index in [0.29, 0.717) is 11.8 Å². The van der Waals surface area contributed by atoms with Gasteiger partial charge in [0.05, 0.1) is 5.92 Å². The van der Waals surface area contributed by atoms with Gasteiger partial charge in [-0.2, -0.15) is 5.10 Å². The van der Waals surface area contributed by atoms with E-state index in [2.05, 4.69) is 48.5 Å². The third kappa shape index (κ3) is 2.48. The molecule has 3 rings (SSSR count). The van der Waals surface area contributed by atoms with Gasteiger partial charge in [-0.3, -0.25) is 4.68 Å². The zero-order chi connectivity index (χ0) is 14.1. The summed E-state index contributed by atoms with van der Waals surface area (Å²) in [5.74, 6) is 2.92. The molecule has 1 aliphatic rings. The van der Waals surface area contributed by atoms with Crippen molar-refractivity contribution in [1.29, 1.82) is 0 Å². The first-order valence-electron chi connectivity index (χ1n) is 7.33. The Bertz CT molecular complexity index is 600. The Kier molecular flexibility index (Phi) is 3.57. The van der Waals surface area contributed by atoms with Crippen molar-refractivity contribution in [2.75, 3.05) is 6.54 Å². The monoisotopic (exact) mass is 270 g/mol. The highest BCUT2D eigenvalue weighted by molar-refractivity contribution is 5.36. The van der Waals surface area contributed by atoms with Crippen molar-refractivity contribution in [3.63, 3.8) is 0 Å². The highest BCUT2D eigenvalue weighted by atomic mass is 15.3. The molecule has 1 aromatic heterocycles. The van der Waals surface area contributed by atoms with Gasteiger partial charge in [0, 0.05) is 26.6 Å². The molecule has 0 fully saturated rings. The van der Waals surface area contributed by atoms with Crippen LogP contribution in [0.2, 0.25) is 0 Å². The quantitative estimate of drug-likeness (QED) is 0.930. The Morgan fingerprint density at radius 3 is 2.95 bits per heavy atom. The molecule has 2 aromatic rings. The van der Waals surface area contributed by atoms with Crippen LogP contribution < -0.4 is 5.32 Å². The second-order valence-electron chi connectivity index (χ2n) is 5.99. The maximum absolute atomic E-state index is 4.78. The largest absolute Gasteiger partial charge is 0.312 e. The number of hydrogen-bond acceptors (Lipinski definition) is 3. The van der Waals surface area contributed by atoms with Gasteiger partial charge >= 0.3 is 0 Å². The molecule has 106 valence electrons. The number of rotatable bonds is 3. The van der Waals surface area contributed by atoms with Gasteiger partial charge in [-0.05, 0) is 17.0 Å². The number of fused-ring (bicyclic) bond motifs is 1. The van der Waals surface area contributed by atoms with E-state index in [-0.39, 0.29) is 0 Å². The van der Waals surface area contributed by atoms with E-state index >= 15 is 0 Å². The first-order valence-corrected chi connectivity index (χ1v) is 7.33. The maximum Gasteiger partial charge on any atom is 0.151 e. The molecule has 4 heteroatoms. The average molecular weight is 270 g/mol. The van der Waals surface area contributed by atoms with Crippen molar-refractivity contribution in [1.82, 2.24) is 20.1 Å². The van der Waals surface area contributed by atoms with Crippen LogP contribution >= 0.6 is 0 Å². The van der Waals surface area contributed by atoms with E-state index in [4.69, 9.17) is 4.98 Å². The summed E-state index contributed by atoms with van der Waals surface area (Å²) in [5, 5.41) is 8.06. The molecule has 20 heavy (non-hydrogen) atoms. The number of nitrogens with zero attached hydrogens (tertiary/aromatic N) is 3. The molecule has 1 aliphatic heterocycles. The van der Waals surface area contributed by atoms with Crippen molar-refractivity contribution in [3.8, 4) is 0 Å². The van der Waals surface area contributed by atoms with Gasteiger partial charge in [-0.15, -0.1) is 0 Å². The fraction of sp³-hybridized carbons (Fsp3) is 0.500. The molecule has 1 aromatic carbocycles. The van der Waals surface area contributed by atoms with Gasteiger partial charge in [0.25, 0.3) is 0 Å². The first-order chi connectivity index (χ1) is 9.65. The lowest BCUT2D eigenvalue weighted by molar-refractivity contribution is 0.548. The summed E-state index contributed by atoms with van der Waals surface area (Å²) in [4.78, 5) is 4.78. The van der Waals surface area contributed by atoms with Crippen LogP contribution in [0.4, 0.5) is 0 Å². The molecule has 0 amide bonds. The van der Waals surface area contributed by atoms with Crippen LogP contribution in [0.1, 0.15) is 42.5 Å². The predicted octanol–water partition coefficient (Wildman–Crippen LogP) is 2.25. The standard InChI is InChI=1S/C16H22N4/c1-11(2)8-15-18-16(20(3)19-15)14-10-17-9-12-6-4-5-7-13(12)14/h4-7,11,14,17H,8-10H2,1-3H3. The summed E-state index contributed by atoms with van der Waals surface area (Å²) in [7, 11) is 2.00. The van der Waals surface area contributed by atoms with Gasteiger partial charge < -0.3 is 5.32 Å². The number of benzene rings is 1. The average Bonchev–Trinajstić information content (AvgIpc) is 2.78. The fourth-order valence-corrected chi connectivity index (χ4v) is 2.93. The van der Waals surface area contributed by atoms with Gasteiger partial charge in [0.2, 0.25) is 0 Å². The number of aryl methyl sites for hydroxylation is 1. The SMILES string of the molecule is CC(C)Cc1nc(C2CNCc3ccccc32)n(C)n1.